The molecule has 0 aromatic heterocycles. The molecule has 0 bridgehead atoms. The topological polar surface area (TPSA) is 47.6 Å². The van der Waals surface area contributed by atoms with Crippen molar-refractivity contribution in [3.8, 4) is 5.75 Å². The van der Waals surface area contributed by atoms with Gasteiger partial charge in [0.1, 0.15) is 5.75 Å². The fourth-order valence-electron chi connectivity index (χ4n) is 1.90. The molecule has 5 heteroatoms. The Hall–Kier alpha value is -1.07. The molecule has 0 heterocycles. The van der Waals surface area contributed by atoms with Crippen LogP contribution in [0.25, 0.3) is 0 Å². The van der Waals surface area contributed by atoms with E-state index in [0.29, 0.717) is 26.1 Å². The number of carbonyl (C=O) groups excluding carboxylic acids is 1. The zero-order valence-electron chi connectivity index (χ0n) is 13.5. The number of aryl methyl sites for hydroxylation is 1. The lowest BCUT2D eigenvalue weighted by Gasteiger charge is -2.10. The van der Waals surface area contributed by atoms with E-state index in [2.05, 4.69) is 28.2 Å². The molecule has 4 nitrogen and oxygen atoms in total. The maximum absolute atomic E-state index is 11.5. The van der Waals surface area contributed by atoms with Gasteiger partial charge in [0.2, 0.25) is 0 Å². The number of nitrogens with one attached hydrogen (secondary N) is 1. The molecule has 0 spiro atoms. The number of esters is 1. The zero-order chi connectivity index (χ0) is 16.2. The van der Waals surface area contributed by atoms with Crippen molar-refractivity contribution in [3.05, 3.63) is 28.2 Å². The van der Waals surface area contributed by atoms with Crippen LogP contribution in [0.4, 0.5) is 0 Å². The van der Waals surface area contributed by atoms with Crippen molar-refractivity contribution in [2.24, 2.45) is 0 Å². The Bertz CT molecular complexity index is 452. The van der Waals surface area contributed by atoms with Gasteiger partial charge in [0.05, 0.1) is 17.7 Å². The van der Waals surface area contributed by atoms with Crippen LogP contribution in [0, 0.1) is 0 Å². The Morgan fingerprint density at radius 3 is 2.82 bits per heavy atom. The summed E-state index contributed by atoms with van der Waals surface area (Å²) in [5, 5.41) is 3.27. The highest BCUT2D eigenvalue weighted by Gasteiger charge is 2.07. The minimum Gasteiger partial charge on any atom is -0.492 e. The number of ether oxygens (including phenoxy) is 2. The molecule has 0 aliphatic heterocycles. The lowest BCUT2D eigenvalue weighted by atomic mass is 10.1. The number of benzene rings is 1. The smallest absolute Gasteiger partial charge is 0.306 e. The minimum atomic E-state index is -0.141. The van der Waals surface area contributed by atoms with Crippen LogP contribution in [0.3, 0.4) is 0 Å². The third-order valence-electron chi connectivity index (χ3n) is 3.09. The molecule has 124 valence electrons. The summed E-state index contributed by atoms with van der Waals surface area (Å²) in [5.74, 6) is 0.689. The molecular formula is C17H26BrNO3. The van der Waals surface area contributed by atoms with E-state index in [9.17, 15) is 4.79 Å². The second-order valence-electron chi connectivity index (χ2n) is 5.04. The highest BCUT2D eigenvalue weighted by atomic mass is 79.9. The predicted octanol–water partition coefficient (Wildman–Crippen LogP) is 3.71. The molecule has 0 radical (unpaired) electrons. The molecule has 0 fully saturated rings. The fourth-order valence-corrected chi connectivity index (χ4v) is 2.27. The molecule has 1 aromatic carbocycles. The zero-order valence-corrected chi connectivity index (χ0v) is 15.1. The van der Waals surface area contributed by atoms with Gasteiger partial charge in [-0.3, -0.25) is 4.79 Å². The molecule has 0 atom stereocenters. The largest absolute Gasteiger partial charge is 0.492 e. The van der Waals surface area contributed by atoms with Gasteiger partial charge in [-0.2, -0.15) is 0 Å². The molecule has 0 saturated carbocycles. The molecule has 22 heavy (non-hydrogen) atoms. The van der Waals surface area contributed by atoms with E-state index in [4.69, 9.17) is 9.47 Å². The molecule has 0 amide bonds. The maximum Gasteiger partial charge on any atom is 0.306 e. The molecule has 0 aliphatic rings. The average Bonchev–Trinajstić information content (AvgIpc) is 2.53. The Kier molecular flexibility index (Phi) is 9.91. The van der Waals surface area contributed by atoms with Crippen molar-refractivity contribution in [2.45, 2.75) is 39.5 Å². The van der Waals surface area contributed by atoms with Crippen molar-refractivity contribution in [3.63, 3.8) is 0 Å². The van der Waals surface area contributed by atoms with Gasteiger partial charge in [0.25, 0.3) is 0 Å². The van der Waals surface area contributed by atoms with Crippen LogP contribution >= 0.6 is 15.9 Å². The first kappa shape index (κ1) is 19.0. The average molecular weight is 372 g/mol. The number of hydrogen-bond acceptors (Lipinski definition) is 4. The first-order valence-electron chi connectivity index (χ1n) is 7.95. The van der Waals surface area contributed by atoms with Gasteiger partial charge in [0, 0.05) is 6.42 Å². The molecular weight excluding hydrogens is 346 g/mol. The van der Waals surface area contributed by atoms with Gasteiger partial charge < -0.3 is 14.8 Å². The molecule has 0 unspecified atom stereocenters. The van der Waals surface area contributed by atoms with Gasteiger partial charge in [-0.25, -0.2) is 0 Å². The van der Waals surface area contributed by atoms with E-state index in [0.717, 1.165) is 41.7 Å². The Morgan fingerprint density at radius 1 is 1.27 bits per heavy atom. The van der Waals surface area contributed by atoms with Crippen molar-refractivity contribution in [2.75, 3.05) is 26.3 Å². The summed E-state index contributed by atoms with van der Waals surface area (Å²) < 4.78 is 11.8. The summed E-state index contributed by atoms with van der Waals surface area (Å²) in [6.07, 6.45) is 2.90. The van der Waals surface area contributed by atoms with Crippen molar-refractivity contribution >= 4 is 21.9 Å². The van der Waals surface area contributed by atoms with Crippen molar-refractivity contribution in [1.29, 1.82) is 0 Å². The Labute approximate surface area is 141 Å². The number of halogens is 1. The third kappa shape index (κ3) is 7.80. The van der Waals surface area contributed by atoms with Gasteiger partial charge in [-0.05, 0) is 66.0 Å². The summed E-state index contributed by atoms with van der Waals surface area (Å²) in [6.45, 7) is 7.19. The van der Waals surface area contributed by atoms with Crippen LogP contribution in [0.2, 0.25) is 0 Å². The van der Waals surface area contributed by atoms with Crippen molar-refractivity contribution in [1.82, 2.24) is 5.32 Å². The van der Waals surface area contributed by atoms with Crippen LogP contribution in [0.1, 0.15) is 38.7 Å². The van der Waals surface area contributed by atoms with Gasteiger partial charge in [-0.15, -0.1) is 0 Å². The number of carbonyl (C=O) groups is 1. The second kappa shape index (κ2) is 11.5. The quantitative estimate of drug-likeness (QED) is 0.475. The maximum atomic E-state index is 11.5. The molecule has 1 N–H and O–H groups in total. The minimum absolute atomic E-state index is 0.141. The van der Waals surface area contributed by atoms with Crippen LogP contribution in [-0.4, -0.2) is 32.3 Å². The first-order chi connectivity index (χ1) is 10.7. The molecule has 1 aromatic rings. The third-order valence-corrected chi connectivity index (χ3v) is 3.74. The summed E-state index contributed by atoms with van der Waals surface area (Å²) in [6, 6.07) is 5.96. The van der Waals surface area contributed by atoms with Gasteiger partial charge in [0.15, 0.2) is 0 Å². The standard InChI is InChI=1S/C17H26BrNO3/c1-3-11-22-17(20)9-7-14-6-8-15(18)16(13-14)21-12-5-10-19-4-2/h6,8,13,19H,3-5,7,9-12H2,1-2H3. The van der Waals surface area contributed by atoms with E-state index in [1.807, 2.05) is 25.1 Å². The molecule has 0 aliphatic carbocycles. The van der Waals surface area contributed by atoms with Crippen LogP contribution < -0.4 is 10.1 Å². The number of rotatable bonds is 11. The van der Waals surface area contributed by atoms with E-state index >= 15 is 0 Å². The first-order valence-corrected chi connectivity index (χ1v) is 8.74. The summed E-state index contributed by atoms with van der Waals surface area (Å²) in [4.78, 5) is 11.5. The van der Waals surface area contributed by atoms with Gasteiger partial charge >= 0.3 is 5.97 Å². The Morgan fingerprint density at radius 2 is 2.09 bits per heavy atom. The van der Waals surface area contributed by atoms with E-state index in [1.165, 1.54) is 0 Å². The highest BCUT2D eigenvalue weighted by molar-refractivity contribution is 9.10. The van der Waals surface area contributed by atoms with Crippen molar-refractivity contribution < 1.29 is 14.3 Å². The van der Waals surface area contributed by atoms with Crippen LogP contribution in [0.5, 0.6) is 5.75 Å². The van der Waals surface area contributed by atoms with Crippen LogP contribution in [-0.2, 0) is 16.0 Å². The highest BCUT2D eigenvalue weighted by Crippen LogP contribution is 2.26. The molecule has 1 rings (SSSR count). The lowest BCUT2D eigenvalue weighted by Crippen LogP contribution is -2.16. The van der Waals surface area contributed by atoms with Crippen LogP contribution in [0.15, 0.2) is 22.7 Å². The molecule has 0 saturated heterocycles. The fraction of sp³-hybridized carbons (Fsp3) is 0.588. The normalized spacial score (nSPS) is 10.5. The number of hydrogen-bond donors (Lipinski definition) is 1. The SMILES string of the molecule is CCCOC(=O)CCc1ccc(Br)c(OCCCNCC)c1. The van der Waals surface area contributed by atoms with E-state index < -0.39 is 0 Å². The predicted molar refractivity (Wildman–Crippen MR) is 92.4 cm³/mol. The summed E-state index contributed by atoms with van der Waals surface area (Å²) in [5.41, 5.74) is 1.08. The lowest BCUT2D eigenvalue weighted by molar-refractivity contribution is -0.143. The monoisotopic (exact) mass is 371 g/mol. The summed E-state index contributed by atoms with van der Waals surface area (Å²) in [7, 11) is 0. The second-order valence-corrected chi connectivity index (χ2v) is 5.90. The van der Waals surface area contributed by atoms with E-state index in [1.54, 1.807) is 0 Å². The van der Waals surface area contributed by atoms with E-state index in [-0.39, 0.29) is 5.97 Å². The summed E-state index contributed by atoms with van der Waals surface area (Å²) >= 11 is 3.50. The van der Waals surface area contributed by atoms with Gasteiger partial charge in [-0.1, -0.05) is 19.9 Å². The Balaban J connectivity index is 2.42.